The number of hydrogen-bond donors (Lipinski definition) is 5. The first-order valence-corrected chi connectivity index (χ1v) is 18.3. The summed E-state index contributed by atoms with van der Waals surface area (Å²) in [4.78, 5) is 34.4. The van der Waals surface area contributed by atoms with Gasteiger partial charge in [0.1, 0.15) is 36.3 Å². The van der Waals surface area contributed by atoms with Gasteiger partial charge in [-0.3, -0.25) is 37.0 Å². The number of nitrogen functional groups attached to an aromatic ring is 2. The lowest BCUT2D eigenvalue weighted by molar-refractivity contribution is -0.0544. The monoisotopic (exact) mass is 710 g/mol. The molecule has 7 rings (SSSR count). The maximum absolute atomic E-state index is 16.0. The van der Waals surface area contributed by atoms with Crippen LogP contribution in [0.1, 0.15) is 12.5 Å². The van der Waals surface area contributed by atoms with E-state index in [-0.39, 0.29) is 34.1 Å². The average Bonchev–Trinajstić information content (AvgIpc) is 3.72. The molecule has 0 spiro atoms. The molecular formula is C20H22F2N10O9P2S2. The van der Waals surface area contributed by atoms with Gasteiger partial charge in [-0.1, -0.05) is 24.5 Å². The molecular weight excluding hydrogens is 688 g/mol. The third kappa shape index (κ3) is 5.53. The molecule has 0 saturated carbocycles. The summed E-state index contributed by atoms with van der Waals surface area (Å²) in [6.45, 7) is -10.3. The largest absolute Gasteiger partial charge is 0.386 e. The van der Waals surface area contributed by atoms with Crippen LogP contribution in [0, 0.1) is 0 Å². The van der Waals surface area contributed by atoms with Crippen LogP contribution in [0.15, 0.2) is 23.8 Å². The Labute approximate surface area is 259 Å². The van der Waals surface area contributed by atoms with Crippen molar-refractivity contribution in [3.8, 4) is 0 Å². The summed E-state index contributed by atoms with van der Waals surface area (Å²) < 4.78 is 94.2. The molecule has 3 aliphatic rings. The van der Waals surface area contributed by atoms with E-state index in [2.05, 4.69) is 54.4 Å². The normalized spacial score (nSPS) is 37.7. The van der Waals surface area contributed by atoms with Crippen molar-refractivity contribution < 1.29 is 45.5 Å². The molecule has 7 heterocycles. The van der Waals surface area contributed by atoms with E-state index in [4.69, 9.17) is 39.0 Å². The zero-order valence-corrected chi connectivity index (χ0v) is 25.8. The van der Waals surface area contributed by atoms with E-state index in [9.17, 15) is 13.9 Å². The molecule has 0 amide bonds. The van der Waals surface area contributed by atoms with Crippen molar-refractivity contribution in [3.63, 3.8) is 0 Å². The van der Waals surface area contributed by atoms with E-state index in [0.717, 1.165) is 17.2 Å². The average molecular weight is 711 g/mol. The van der Waals surface area contributed by atoms with E-state index < -0.39 is 81.6 Å². The van der Waals surface area contributed by atoms with E-state index in [0.29, 0.717) is 0 Å². The Hall–Kier alpha value is -2.72. The van der Waals surface area contributed by atoms with Gasteiger partial charge in [0, 0.05) is 0 Å². The molecule has 19 nitrogen and oxygen atoms in total. The molecule has 242 valence electrons. The van der Waals surface area contributed by atoms with Crippen molar-refractivity contribution in [3.05, 3.63) is 29.3 Å². The van der Waals surface area contributed by atoms with Gasteiger partial charge in [0.2, 0.25) is 5.95 Å². The van der Waals surface area contributed by atoms with Gasteiger partial charge in [0.15, 0.2) is 47.4 Å². The van der Waals surface area contributed by atoms with Gasteiger partial charge >= 0.3 is 13.6 Å². The summed E-state index contributed by atoms with van der Waals surface area (Å²) in [6, 6.07) is 0. The molecule has 10 atom stereocenters. The number of H-pyrrole nitrogens is 1. The molecule has 3 fully saturated rings. The Bertz CT molecular complexity index is 1950. The fourth-order valence-electron chi connectivity index (χ4n) is 5.25. The van der Waals surface area contributed by atoms with Crippen molar-refractivity contribution in [2.45, 2.75) is 49.2 Å². The van der Waals surface area contributed by atoms with Gasteiger partial charge in [0.25, 0.3) is 5.56 Å². The van der Waals surface area contributed by atoms with Gasteiger partial charge in [-0.2, -0.15) is 4.98 Å². The lowest BCUT2D eigenvalue weighted by Crippen LogP contribution is -2.36. The highest BCUT2D eigenvalue weighted by Gasteiger charge is 2.54. The van der Waals surface area contributed by atoms with Crippen LogP contribution < -0.4 is 17.0 Å². The van der Waals surface area contributed by atoms with Gasteiger partial charge < -0.3 is 20.9 Å². The molecule has 45 heavy (non-hydrogen) atoms. The summed E-state index contributed by atoms with van der Waals surface area (Å²) >= 11 is 7.94. The third-order valence-corrected chi connectivity index (χ3v) is 10.5. The molecule has 0 radical (unpaired) electrons. The first-order chi connectivity index (χ1) is 21.3. The Balaban J connectivity index is 1.17. The topological polar surface area (TPSA) is 249 Å². The van der Waals surface area contributed by atoms with Crippen LogP contribution in [0.2, 0.25) is 0 Å². The number of aromatic amines is 1. The summed E-state index contributed by atoms with van der Waals surface area (Å²) in [6.07, 6.45) is -9.92. The zero-order valence-electron chi connectivity index (χ0n) is 22.3. The third-order valence-electron chi connectivity index (χ3n) is 7.23. The number of alkyl halides is 2. The molecule has 25 heteroatoms. The number of nitrogens with two attached hydrogens (primary N) is 2. The summed E-state index contributed by atoms with van der Waals surface area (Å²) in [7, 11) is 0. The van der Waals surface area contributed by atoms with Crippen molar-refractivity contribution in [2.75, 3.05) is 24.7 Å². The fraction of sp³-hybridized carbons (Fsp3) is 0.500. The number of halogens is 2. The number of nitrogens with zero attached hydrogens (tertiary/aromatic N) is 7. The second-order valence-corrected chi connectivity index (χ2v) is 15.8. The van der Waals surface area contributed by atoms with Crippen LogP contribution >= 0.6 is 38.1 Å². The van der Waals surface area contributed by atoms with Crippen LogP contribution in [0.4, 0.5) is 20.5 Å². The summed E-state index contributed by atoms with van der Waals surface area (Å²) in [5, 5.41) is 0. The molecule has 5 N–H and O–H groups in total. The second-order valence-electron chi connectivity index (χ2n) is 10.0. The quantitative estimate of drug-likeness (QED) is 0.146. The van der Waals surface area contributed by atoms with Crippen LogP contribution in [-0.2, 0) is 36.7 Å². The Morgan fingerprint density at radius 1 is 0.844 bits per heavy atom. The molecule has 1 unspecified atom stereocenters. The minimum absolute atomic E-state index is 0.0381. The first-order valence-electron chi connectivity index (χ1n) is 12.9. The van der Waals surface area contributed by atoms with Crippen LogP contribution in [-0.4, -0.2) is 89.0 Å². The number of fused-ring (bicyclic) bond motifs is 4. The van der Waals surface area contributed by atoms with Crippen molar-refractivity contribution in [2.24, 2.45) is 0 Å². The van der Waals surface area contributed by atoms with E-state index in [1.54, 1.807) is 0 Å². The Morgan fingerprint density at radius 2 is 1.38 bits per heavy atom. The predicted molar refractivity (Wildman–Crippen MR) is 155 cm³/mol. The number of hydrogen-bond acceptors (Lipinski definition) is 16. The second kappa shape index (κ2) is 11.2. The first kappa shape index (κ1) is 30.9. The number of aromatic nitrogens is 8. The van der Waals surface area contributed by atoms with E-state index >= 15 is 8.78 Å². The molecule has 0 bridgehead atoms. The summed E-state index contributed by atoms with van der Waals surface area (Å²) in [5.41, 5.74) is 10.8. The molecule has 4 aromatic heterocycles. The van der Waals surface area contributed by atoms with Gasteiger partial charge in [-0.15, -0.1) is 0 Å². The molecule has 0 aromatic carbocycles. The zero-order chi connectivity index (χ0) is 31.8. The van der Waals surface area contributed by atoms with Gasteiger partial charge in [-0.25, -0.2) is 37.8 Å². The number of nitrogens with one attached hydrogen (secondary N) is 1. The molecule has 0 aliphatic carbocycles. The molecule has 3 saturated heterocycles. The number of ether oxygens (including phenoxy) is 2. The maximum Gasteiger partial charge on any atom is 0.386 e. The highest BCUT2D eigenvalue weighted by atomic mass is 32.7. The highest BCUT2D eigenvalue weighted by Crippen LogP contribution is 2.60. The molecule has 4 aromatic rings. The number of rotatable bonds is 2. The van der Waals surface area contributed by atoms with Gasteiger partial charge in [-0.05, 0) is 0 Å². The van der Waals surface area contributed by atoms with Crippen LogP contribution in [0.3, 0.4) is 0 Å². The predicted octanol–water partition coefficient (Wildman–Crippen LogP) is 1.49. The highest BCUT2D eigenvalue weighted by molar-refractivity contribution is 8.44. The van der Waals surface area contributed by atoms with Crippen molar-refractivity contribution >= 4 is 72.2 Å². The van der Waals surface area contributed by atoms with Crippen LogP contribution in [0.5, 0.6) is 0 Å². The maximum atomic E-state index is 16.0. The Morgan fingerprint density at radius 3 is 1.96 bits per heavy atom. The van der Waals surface area contributed by atoms with Crippen molar-refractivity contribution in [1.82, 2.24) is 39.0 Å². The number of imidazole rings is 2. The van der Waals surface area contributed by atoms with Gasteiger partial charge in [0.05, 0.1) is 25.9 Å². The fourth-order valence-corrected chi connectivity index (χ4v) is 8.21. The van der Waals surface area contributed by atoms with Crippen LogP contribution in [0.25, 0.3) is 22.3 Å². The minimum Gasteiger partial charge on any atom is -0.382 e. The van der Waals surface area contributed by atoms with Crippen molar-refractivity contribution in [1.29, 1.82) is 0 Å². The SMILES string of the molecule is Nc1nc2c(ncn2[C@@H]2O[C@@H]3CO[P@](=O)(S)O[C@@H]4C(CO[P@@](=O)(S)O[C@H]3[C@H]2F)O[C@@H](n2cnc3c(N)ncnc32)[C@@H]4F)c(=O)[nH]1. The minimum atomic E-state index is -4.44. The number of thiol groups is 2. The van der Waals surface area contributed by atoms with E-state index in [1.165, 1.54) is 10.9 Å². The van der Waals surface area contributed by atoms with E-state index in [1.807, 2.05) is 0 Å². The standard InChI is InChI=1S/C20H22F2N10O9P2S2/c21-8-12-6(38-18(8)31-4-27-10-14(23)25-3-26-15(10)31)1-36-43(35,45)41-13-7(2-37-42(34,44)40-12)39-19(9(13)22)32-5-28-11-16(32)29-20(24)30-17(11)33/h3-9,12-13,18-19H,1-2H2,(H,34,44)(H,35,45)(H2,23,25,26)(H3,24,29,30,33)/t6?,7-,8-,9-,12-,13-,18-,19-,42+,43-/m1/s1. The lowest BCUT2D eigenvalue weighted by Gasteiger charge is -2.28. The molecule has 3 aliphatic heterocycles. The lowest BCUT2D eigenvalue weighted by atomic mass is 10.1. The summed E-state index contributed by atoms with van der Waals surface area (Å²) in [5.74, 6) is -0.231. The Kier molecular flexibility index (Phi) is 7.70. The number of anilines is 2. The smallest absolute Gasteiger partial charge is 0.382 e.